The van der Waals surface area contributed by atoms with E-state index >= 15 is 0 Å². The summed E-state index contributed by atoms with van der Waals surface area (Å²) in [4.78, 5) is 0. The van der Waals surface area contributed by atoms with Crippen molar-refractivity contribution < 1.29 is 4.74 Å². The van der Waals surface area contributed by atoms with Gasteiger partial charge in [-0.05, 0) is 29.4 Å². The molecule has 1 saturated heterocycles. The van der Waals surface area contributed by atoms with Crippen LogP contribution < -0.4 is 0 Å². The summed E-state index contributed by atoms with van der Waals surface area (Å²) in [5.41, 5.74) is 2.73. The largest absolute Gasteiger partial charge is 0.364 e. The van der Waals surface area contributed by atoms with Crippen LogP contribution in [0.1, 0.15) is 25.8 Å². The monoisotopic (exact) mass is 214 g/mol. The van der Waals surface area contributed by atoms with Gasteiger partial charge in [-0.3, -0.25) is 0 Å². The molecule has 0 unspecified atom stereocenters. The fourth-order valence-electron chi connectivity index (χ4n) is 2.65. The van der Waals surface area contributed by atoms with E-state index in [0.29, 0.717) is 18.1 Å². The molecule has 1 aliphatic heterocycles. The van der Waals surface area contributed by atoms with Crippen molar-refractivity contribution in [3.63, 3.8) is 0 Å². The minimum Gasteiger partial charge on any atom is -0.364 e. The topological polar surface area (TPSA) is 12.5 Å². The lowest BCUT2D eigenvalue weighted by molar-refractivity contribution is 0.274. The van der Waals surface area contributed by atoms with Gasteiger partial charge in [0.1, 0.15) is 6.10 Å². The highest BCUT2D eigenvalue weighted by Gasteiger charge is 2.48. The Kier molecular flexibility index (Phi) is 2.36. The third-order valence-corrected chi connectivity index (χ3v) is 4.06. The molecule has 0 aromatic heterocycles. The third kappa shape index (κ3) is 1.60. The van der Waals surface area contributed by atoms with E-state index in [1.807, 2.05) is 0 Å². The quantitative estimate of drug-likeness (QED) is 0.652. The number of allylic oxidation sites excluding steroid dienone is 1. The highest BCUT2D eigenvalue weighted by Crippen LogP contribution is 2.45. The number of ether oxygens (including phenoxy) is 1. The number of rotatable bonds is 1. The molecule has 1 fully saturated rings. The van der Waals surface area contributed by atoms with Gasteiger partial charge in [-0.1, -0.05) is 50.3 Å². The number of hydrogen-bond donors (Lipinski definition) is 0. The highest BCUT2D eigenvalue weighted by atomic mass is 16.6. The Morgan fingerprint density at radius 1 is 1.12 bits per heavy atom. The van der Waals surface area contributed by atoms with Crippen molar-refractivity contribution >= 4 is 5.57 Å². The molecule has 0 radical (unpaired) electrons. The maximum Gasteiger partial charge on any atom is 0.110 e. The molecule has 0 N–H and O–H groups in total. The van der Waals surface area contributed by atoms with Gasteiger partial charge in [0.15, 0.2) is 0 Å². The maximum absolute atomic E-state index is 5.84. The van der Waals surface area contributed by atoms with Gasteiger partial charge in [-0.15, -0.1) is 0 Å². The average molecular weight is 214 g/mol. The van der Waals surface area contributed by atoms with E-state index in [-0.39, 0.29) is 0 Å². The zero-order valence-electron chi connectivity index (χ0n) is 9.89. The highest BCUT2D eigenvalue weighted by molar-refractivity contribution is 5.71. The van der Waals surface area contributed by atoms with E-state index in [1.165, 1.54) is 17.6 Å². The molecule has 84 valence electrons. The SMILES string of the molecule is C[C@@H]1[C@H]2O[C@H]2C(c2ccccc2)=CC[C@@H]1C. The Bertz CT molecular complexity index is 407. The summed E-state index contributed by atoms with van der Waals surface area (Å²) < 4.78 is 5.84. The number of benzene rings is 1. The second kappa shape index (κ2) is 3.74. The summed E-state index contributed by atoms with van der Waals surface area (Å²) in [7, 11) is 0. The zero-order valence-corrected chi connectivity index (χ0v) is 9.89. The van der Waals surface area contributed by atoms with Crippen molar-refractivity contribution in [2.45, 2.75) is 32.5 Å². The predicted molar refractivity (Wildman–Crippen MR) is 66.0 cm³/mol. The van der Waals surface area contributed by atoms with Crippen LogP contribution in [0.4, 0.5) is 0 Å². The third-order valence-electron chi connectivity index (χ3n) is 4.06. The molecule has 4 atom stereocenters. The van der Waals surface area contributed by atoms with E-state index in [0.717, 1.165) is 5.92 Å². The predicted octanol–water partition coefficient (Wildman–Crippen LogP) is 3.51. The van der Waals surface area contributed by atoms with E-state index in [4.69, 9.17) is 4.74 Å². The zero-order chi connectivity index (χ0) is 11.1. The molecule has 1 aromatic rings. The van der Waals surface area contributed by atoms with Crippen molar-refractivity contribution in [1.29, 1.82) is 0 Å². The minimum absolute atomic E-state index is 0.363. The van der Waals surface area contributed by atoms with E-state index in [1.54, 1.807) is 0 Å². The first-order valence-electron chi connectivity index (χ1n) is 6.18. The Morgan fingerprint density at radius 3 is 2.62 bits per heavy atom. The summed E-state index contributed by atoms with van der Waals surface area (Å²) in [6.07, 6.45) is 4.39. The van der Waals surface area contributed by atoms with Crippen LogP contribution >= 0.6 is 0 Å². The van der Waals surface area contributed by atoms with Gasteiger partial charge < -0.3 is 4.74 Å². The summed E-state index contributed by atoms with van der Waals surface area (Å²) in [5, 5.41) is 0. The normalized spacial score (nSPS) is 37.2. The van der Waals surface area contributed by atoms with Crippen molar-refractivity contribution in [2.75, 3.05) is 0 Å². The summed E-state index contributed by atoms with van der Waals surface area (Å²) in [6, 6.07) is 10.6. The van der Waals surface area contributed by atoms with Gasteiger partial charge in [0, 0.05) is 0 Å². The number of fused-ring (bicyclic) bond motifs is 1. The molecule has 2 aliphatic rings. The van der Waals surface area contributed by atoms with Crippen LogP contribution in [0.2, 0.25) is 0 Å². The number of epoxide rings is 1. The second-order valence-electron chi connectivity index (χ2n) is 5.12. The van der Waals surface area contributed by atoms with Crippen molar-refractivity contribution in [3.05, 3.63) is 42.0 Å². The molecule has 1 heterocycles. The molecule has 0 amide bonds. The first-order chi connectivity index (χ1) is 7.77. The fourth-order valence-corrected chi connectivity index (χ4v) is 2.65. The van der Waals surface area contributed by atoms with Crippen molar-refractivity contribution in [1.82, 2.24) is 0 Å². The molecular formula is C15H18O. The van der Waals surface area contributed by atoms with Crippen LogP contribution in [-0.2, 0) is 4.74 Å². The Morgan fingerprint density at radius 2 is 1.88 bits per heavy atom. The van der Waals surface area contributed by atoms with Crippen LogP contribution in [-0.4, -0.2) is 12.2 Å². The molecule has 1 nitrogen and oxygen atoms in total. The average Bonchev–Trinajstić information content (AvgIpc) is 3.09. The summed E-state index contributed by atoms with van der Waals surface area (Å²) in [6.45, 7) is 4.64. The van der Waals surface area contributed by atoms with Crippen LogP contribution in [0, 0.1) is 11.8 Å². The molecule has 1 aliphatic carbocycles. The molecular weight excluding hydrogens is 196 g/mol. The molecule has 3 rings (SSSR count). The molecule has 1 aromatic carbocycles. The smallest absolute Gasteiger partial charge is 0.110 e. The van der Waals surface area contributed by atoms with E-state index in [9.17, 15) is 0 Å². The lowest BCUT2D eigenvalue weighted by atomic mass is 9.91. The maximum atomic E-state index is 5.84. The first-order valence-corrected chi connectivity index (χ1v) is 6.18. The van der Waals surface area contributed by atoms with Crippen LogP contribution in [0.3, 0.4) is 0 Å². The Balaban J connectivity index is 1.92. The fraction of sp³-hybridized carbons (Fsp3) is 0.467. The van der Waals surface area contributed by atoms with Gasteiger partial charge >= 0.3 is 0 Å². The van der Waals surface area contributed by atoms with E-state index in [2.05, 4.69) is 50.3 Å². The van der Waals surface area contributed by atoms with Crippen LogP contribution in [0.15, 0.2) is 36.4 Å². The summed E-state index contributed by atoms with van der Waals surface area (Å²) in [5.74, 6) is 1.42. The van der Waals surface area contributed by atoms with Crippen LogP contribution in [0.5, 0.6) is 0 Å². The van der Waals surface area contributed by atoms with Crippen molar-refractivity contribution in [3.8, 4) is 0 Å². The van der Waals surface area contributed by atoms with Gasteiger partial charge in [0.25, 0.3) is 0 Å². The summed E-state index contributed by atoms with van der Waals surface area (Å²) >= 11 is 0. The molecule has 0 saturated carbocycles. The van der Waals surface area contributed by atoms with Gasteiger partial charge in [0.2, 0.25) is 0 Å². The van der Waals surface area contributed by atoms with Gasteiger partial charge in [-0.25, -0.2) is 0 Å². The molecule has 0 spiro atoms. The van der Waals surface area contributed by atoms with Gasteiger partial charge in [0.05, 0.1) is 6.10 Å². The standard InChI is InChI=1S/C15H18O/c1-10-8-9-13(12-6-4-3-5-7-12)15-14(16-15)11(10)2/h3-7,9-11,14-15H,8H2,1-2H3/t10-,11-,14+,15-/m0/s1. The molecule has 16 heavy (non-hydrogen) atoms. The Labute approximate surface area is 97.1 Å². The Hall–Kier alpha value is -1.08. The first kappa shape index (κ1) is 10.1. The second-order valence-corrected chi connectivity index (χ2v) is 5.12. The minimum atomic E-state index is 0.363. The van der Waals surface area contributed by atoms with Crippen LogP contribution in [0.25, 0.3) is 5.57 Å². The lowest BCUT2D eigenvalue weighted by Crippen LogP contribution is -2.13. The van der Waals surface area contributed by atoms with E-state index < -0.39 is 0 Å². The van der Waals surface area contributed by atoms with Gasteiger partial charge in [-0.2, -0.15) is 0 Å². The van der Waals surface area contributed by atoms with Crippen molar-refractivity contribution in [2.24, 2.45) is 11.8 Å². The molecule has 1 heteroatoms. The lowest BCUT2D eigenvalue weighted by Gasteiger charge is -2.14. The molecule has 0 bridgehead atoms. The number of hydrogen-bond acceptors (Lipinski definition) is 1.